The summed E-state index contributed by atoms with van der Waals surface area (Å²) in [7, 11) is 0. The molecule has 1 unspecified atom stereocenters. The normalized spacial score (nSPS) is 31.3. The molecule has 3 aliphatic rings. The van der Waals surface area contributed by atoms with Gasteiger partial charge in [-0.05, 0) is 84.6 Å². The van der Waals surface area contributed by atoms with Crippen LogP contribution in [-0.4, -0.2) is 64.8 Å². The van der Waals surface area contributed by atoms with Gasteiger partial charge in [0.1, 0.15) is 5.60 Å². The third kappa shape index (κ3) is 6.09. The Hall–Kier alpha value is -1.30. The summed E-state index contributed by atoms with van der Waals surface area (Å²) in [6, 6.07) is 0.441. The summed E-state index contributed by atoms with van der Waals surface area (Å²) in [4.78, 5) is 28.0. The first-order valence-electron chi connectivity index (χ1n) is 11.5. The Kier molecular flexibility index (Phi) is 8.00. The number of hydrogen-bond acceptors (Lipinski definition) is 4. The molecule has 1 saturated carbocycles. The molecule has 1 atom stereocenters. The summed E-state index contributed by atoms with van der Waals surface area (Å²) in [5, 5.41) is 9.34. The smallest absolute Gasteiger partial charge is 0.410 e. The van der Waals surface area contributed by atoms with E-state index in [-0.39, 0.29) is 6.09 Å². The van der Waals surface area contributed by atoms with Gasteiger partial charge in [0.05, 0.1) is 5.41 Å². The predicted molar refractivity (Wildman–Crippen MR) is 115 cm³/mol. The van der Waals surface area contributed by atoms with Crippen molar-refractivity contribution in [3.63, 3.8) is 0 Å². The third-order valence-corrected chi connectivity index (χ3v) is 6.75. The Morgan fingerprint density at radius 2 is 1.59 bits per heavy atom. The highest BCUT2D eigenvalue weighted by molar-refractivity contribution is 5.75. The fraction of sp³-hybridized carbons (Fsp3) is 0.913. The summed E-state index contributed by atoms with van der Waals surface area (Å²) in [5.74, 6) is 0.690. The van der Waals surface area contributed by atoms with Gasteiger partial charge in [-0.15, -0.1) is 0 Å². The van der Waals surface area contributed by atoms with Gasteiger partial charge in [0.15, 0.2) is 0 Å². The van der Waals surface area contributed by atoms with Crippen molar-refractivity contribution >= 4 is 12.1 Å². The van der Waals surface area contributed by atoms with Gasteiger partial charge in [-0.3, -0.25) is 4.79 Å². The van der Waals surface area contributed by atoms with E-state index in [0.29, 0.717) is 17.9 Å². The SMILES string of the molecule is CC.CC(C)(C)OC(=O)N1CCC(C2CCCN(C3CC(C)(C(=O)O)C3)C2)CC1. The minimum atomic E-state index is -0.651. The summed E-state index contributed by atoms with van der Waals surface area (Å²) < 4.78 is 5.50. The molecular weight excluding hydrogens is 368 g/mol. The second-order valence-corrected chi connectivity index (χ2v) is 10.1. The van der Waals surface area contributed by atoms with Gasteiger partial charge < -0.3 is 19.6 Å². The molecular formula is C23H42N2O4. The minimum absolute atomic E-state index is 0.186. The number of piperidine rings is 2. The molecule has 1 N–H and O–H groups in total. The molecule has 6 heteroatoms. The van der Waals surface area contributed by atoms with Crippen molar-refractivity contribution in [3.8, 4) is 0 Å². The van der Waals surface area contributed by atoms with Crippen molar-refractivity contribution in [2.45, 2.75) is 91.7 Å². The maximum atomic E-state index is 12.2. The van der Waals surface area contributed by atoms with Crippen molar-refractivity contribution in [2.75, 3.05) is 26.2 Å². The second-order valence-electron chi connectivity index (χ2n) is 10.1. The number of hydrogen-bond donors (Lipinski definition) is 1. The Labute approximate surface area is 177 Å². The number of likely N-dealkylation sites (tertiary alicyclic amines) is 2. The van der Waals surface area contributed by atoms with E-state index in [2.05, 4.69) is 4.90 Å². The van der Waals surface area contributed by atoms with Crippen molar-refractivity contribution in [2.24, 2.45) is 17.3 Å². The minimum Gasteiger partial charge on any atom is -0.481 e. The molecule has 2 aliphatic heterocycles. The van der Waals surface area contributed by atoms with Crippen LogP contribution in [0.2, 0.25) is 0 Å². The Morgan fingerprint density at radius 1 is 1.00 bits per heavy atom. The molecule has 3 rings (SSSR count). The number of rotatable bonds is 3. The molecule has 3 fully saturated rings. The fourth-order valence-corrected chi connectivity index (χ4v) is 5.05. The van der Waals surface area contributed by atoms with Crippen LogP contribution in [0.1, 0.15) is 80.1 Å². The topological polar surface area (TPSA) is 70.1 Å². The van der Waals surface area contributed by atoms with Crippen molar-refractivity contribution in [1.82, 2.24) is 9.80 Å². The van der Waals surface area contributed by atoms with Crippen LogP contribution >= 0.6 is 0 Å². The predicted octanol–water partition coefficient (Wildman–Crippen LogP) is 4.63. The standard InChI is InChI=1S/C21H36N2O4.C2H6/c1-20(2,3)27-19(26)22-10-7-15(8-11-22)16-6-5-9-23(14-16)17-12-21(4,13-17)18(24)25;1-2/h15-17H,5-14H2,1-4H3,(H,24,25);1-2H3. The number of amides is 1. The van der Waals surface area contributed by atoms with E-state index in [0.717, 1.165) is 51.9 Å². The molecule has 0 bridgehead atoms. The molecule has 0 aromatic carbocycles. The first-order valence-corrected chi connectivity index (χ1v) is 11.5. The molecule has 1 amide bonds. The number of carbonyl (C=O) groups excluding carboxylic acids is 1. The quantitative estimate of drug-likeness (QED) is 0.735. The molecule has 0 spiro atoms. The summed E-state index contributed by atoms with van der Waals surface area (Å²) >= 11 is 0. The highest BCUT2D eigenvalue weighted by Gasteiger charge is 2.49. The van der Waals surface area contributed by atoms with Crippen molar-refractivity contribution < 1.29 is 19.4 Å². The van der Waals surface area contributed by atoms with E-state index >= 15 is 0 Å². The zero-order chi connectivity index (χ0) is 21.8. The second kappa shape index (κ2) is 9.67. The van der Waals surface area contributed by atoms with Crippen molar-refractivity contribution in [1.29, 1.82) is 0 Å². The maximum absolute atomic E-state index is 12.2. The highest BCUT2D eigenvalue weighted by Crippen LogP contribution is 2.45. The summed E-state index contributed by atoms with van der Waals surface area (Å²) in [5.41, 5.74) is -0.957. The molecule has 29 heavy (non-hydrogen) atoms. The lowest BCUT2D eigenvalue weighted by Gasteiger charge is -2.51. The van der Waals surface area contributed by atoms with Crippen LogP contribution in [0.3, 0.4) is 0 Å². The van der Waals surface area contributed by atoms with Crippen LogP contribution in [0.25, 0.3) is 0 Å². The average Bonchev–Trinajstić information content (AvgIpc) is 2.66. The van der Waals surface area contributed by atoms with Crippen LogP contribution in [0, 0.1) is 17.3 Å². The largest absolute Gasteiger partial charge is 0.481 e. The number of carboxylic acids is 1. The molecule has 6 nitrogen and oxygen atoms in total. The first-order chi connectivity index (χ1) is 13.6. The van der Waals surface area contributed by atoms with Gasteiger partial charge in [0, 0.05) is 25.7 Å². The molecule has 0 radical (unpaired) electrons. The fourth-order valence-electron chi connectivity index (χ4n) is 5.05. The Bertz CT molecular complexity index is 558. The first kappa shape index (κ1) is 24.0. The van der Waals surface area contributed by atoms with Gasteiger partial charge in [-0.2, -0.15) is 0 Å². The number of carbonyl (C=O) groups is 2. The number of aliphatic carboxylic acids is 1. The van der Waals surface area contributed by atoms with E-state index in [9.17, 15) is 14.7 Å². The van der Waals surface area contributed by atoms with Gasteiger partial charge in [-0.25, -0.2) is 4.79 Å². The lowest BCUT2D eigenvalue weighted by Crippen LogP contribution is -2.56. The number of ether oxygens (including phenoxy) is 1. The van der Waals surface area contributed by atoms with Crippen LogP contribution in [-0.2, 0) is 9.53 Å². The number of nitrogens with zero attached hydrogens (tertiary/aromatic N) is 2. The van der Waals surface area contributed by atoms with Crippen LogP contribution in [0.4, 0.5) is 4.79 Å². The van der Waals surface area contributed by atoms with Gasteiger partial charge >= 0.3 is 12.1 Å². The van der Waals surface area contributed by atoms with E-state index in [1.54, 1.807) is 0 Å². The van der Waals surface area contributed by atoms with E-state index < -0.39 is 17.0 Å². The van der Waals surface area contributed by atoms with E-state index in [1.807, 2.05) is 46.4 Å². The molecule has 0 aromatic heterocycles. The van der Waals surface area contributed by atoms with Gasteiger partial charge in [0.2, 0.25) is 0 Å². The van der Waals surface area contributed by atoms with E-state index in [1.165, 1.54) is 12.8 Å². The maximum Gasteiger partial charge on any atom is 0.410 e. The monoisotopic (exact) mass is 410 g/mol. The zero-order valence-corrected chi connectivity index (χ0v) is 19.4. The van der Waals surface area contributed by atoms with Crippen LogP contribution < -0.4 is 0 Å². The molecule has 2 heterocycles. The Balaban J connectivity index is 0.00000145. The highest BCUT2D eigenvalue weighted by atomic mass is 16.6. The molecule has 1 aliphatic carbocycles. The average molecular weight is 411 g/mol. The lowest BCUT2D eigenvalue weighted by molar-refractivity contribution is -0.158. The number of carboxylic acid groups (broad SMARTS) is 1. The van der Waals surface area contributed by atoms with Gasteiger partial charge in [0.25, 0.3) is 0 Å². The third-order valence-electron chi connectivity index (χ3n) is 6.75. The zero-order valence-electron chi connectivity index (χ0n) is 19.4. The van der Waals surface area contributed by atoms with Crippen molar-refractivity contribution in [3.05, 3.63) is 0 Å². The lowest BCUT2D eigenvalue weighted by atomic mass is 9.65. The van der Waals surface area contributed by atoms with E-state index in [4.69, 9.17) is 4.74 Å². The van der Waals surface area contributed by atoms with Crippen LogP contribution in [0.5, 0.6) is 0 Å². The Morgan fingerprint density at radius 3 is 2.10 bits per heavy atom. The summed E-state index contributed by atoms with van der Waals surface area (Å²) in [6.45, 7) is 15.4. The summed E-state index contributed by atoms with van der Waals surface area (Å²) in [6.07, 6.45) is 5.95. The molecule has 168 valence electrons. The molecule has 0 aromatic rings. The van der Waals surface area contributed by atoms with Crippen LogP contribution in [0.15, 0.2) is 0 Å². The van der Waals surface area contributed by atoms with Gasteiger partial charge in [-0.1, -0.05) is 13.8 Å². The molecule has 2 saturated heterocycles.